The number of nitrogens with zero attached hydrogens (tertiary/aromatic N) is 1. The fourth-order valence-corrected chi connectivity index (χ4v) is 3.09. The second-order valence-electron chi connectivity index (χ2n) is 5.10. The van der Waals surface area contributed by atoms with Gasteiger partial charge in [-0.1, -0.05) is 29.8 Å². The van der Waals surface area contributed by atoms with Crippen LogP contribution in [0.3, 0.4) is 0 Å². The van der Waals surface area contributed by atoms with Crippen molar-refractivity contribution in [3.05, 3.63) is 41.2 Å². The predicted molar refractivity (Wildman–Crippen MR) is 85.7 cm³/mol. The van der Waals surface area contributed by atoms with Crippen LogP contribution < -0.4 is 5.32 Å². The Kier molecular flexibility index (Phi) is 5.07. The summed E-state index contributed by atoms with van der Waals surface area (Å²) in [4.78, 5) is 13.5. The summed E-state index contributed by atoms with van der Waals surface area (Å²) in [6.07, 6.45) is 0.751. The minimum absolute atomic E-state index is 0.0447. The fraction of sp³-hybridized carbons (Fsp3) is 0.375. The number of hydrogen-bond acceptors (Lipinski definition) is 4. The molecule has 0 aliphatic rings. The molecule has 1 unspecified atom stereocenters. The summed E-state index contributed by atoms with van der Waals surface area (Å²) in [6.45, 7) is 7.93. The van der Waals surface area contributed by atoms with Crippen molar-refractivity contribution in [2.75, 3.05) is 5.32 Å². The molecule has 5 heteroatoms. The molecule has 0 aliphatic carbocycles. The number of aryl methyl sites for hydroxylation is 3. The molecule has 0 saturated carbocycles. The number of rotatable bonds is 5. The van der Waals surface area contributed by atoms with E-state index in [2.05, 4.69) is 42.5 Å². The third kappa shape index (κ3) is 4.11. The Hall–Kier alpha value is -1.75. The van der Waals surface area contributed by atoms with E-state index in [1.165, 1.54) is 11.1 Å². The first kappa shape index (κ1) is 15.6. The average Bonchev–Trinajstić information content (AvgIpc) is 2.84. The summed E-state index contributed by atoms with van der Waals surface area (Å²) in [5.74, 6) is 1.11. The molecule has 1 heterocycles. The number of carbonyl (C=O) groups is 1. The monoisotopic (exact) mass is 304 g/mol. The lowest BCUT2D eigenvalue weighted by Gasteiger charge is -2.15. The maximum Gasteiger partial charge on any atom is 0.239 e. The van der Waals surface area contributed by atoms with Crippen LogP contribution in [0.15, 0.2) is 33.7 Å². The van der Waals surface area contributed by atoms with Crippen LogP contribution in [0.25, 0.3) is 0 Å². The van der Waals surface area contributed by atoms with Gasteiger partial charge in [0.15, 0.2) is 5.82 Å². The van der Waals surface area contributed by atoms with E-state index >= 15 is 0 Å². The average molecular weight is 304 g/mol. The van der Waals surface area contributed by atoms with Crippen LogP contribution in [0, 0.1) is 20.8 Å². The van der Waals surface area contributed by atoms with Gasteiger partial charge < -0.3 is 9.84 Å². The molecule has 0 saturated heterocycles. The fourth-order valence-electron chi connectivity index (χ4n) is 1.94. The van der Waals surface area contributed by atoms with Gasteiger partial charge in [0.2, 0.25) is 5.91 Å². The first-order chi connectivity index (χ1) is 9.99. The molecule has 2 aromatic rings. The zero-order valence-electron chi connectivity index (χ0n) is 12.8. The number of aromatic nitrogens is 1. The quantitative estimate of drug-likeness (QED) is 0.845. The zero-order chi connectivity index (χ0) is 15.4. The number of anilines is 1. The van der Waals surface area contributed by atoms with E-state index in [0.717, 1.165) is 11.3 Å². The minimum Gasteiger partial charge on any atom is -0.360 e. The van der Waals surface area contributed by atoms with Crippen molar-refractivity contribution in [1.29, 1.82) is 0 Å². The molecule has 0 fully saturated rings. The summed E-state index contributed by atoms with van der Waals surface area (Å²) in [5, 5.41) is 6.45. The van der Waals surface area contributed by atoms with Crippen LogP contribution in [0.1, 0.15) is 30.2 Å². The molecular formula is C16H20N2O2S. The molecule has 1 aromatic heterocycles. The number of benzene rings is 1. The second-order valence-corrected chi connectivity index (χ2v) is 6.34. The van der Waals surface area contributed by atoms with Crippen LogP contribution >= 0.6 is 11.8 Å². The molecule has 0 spiro atoms. The Bertz CT molecular complexity index is 637. The summed E-state index contributed by atoms with van der Waals surface area (Å²) in [5.41, 5.74) is 2.39. The highest BCUT2D eigenvalue weighted by molar-refractivity contribution is 8.00. The lowest BCUT2D eigenvalue weighted by Crippen LogP contribution is -2.24. The largest absolute Gasteiger partial charge is 0.360 e. The maximum atomic E-state index is 12.3. The van der Waals surface area contributed by atoms with Gasteiger partial charge in [-0.2, -0.15) is 0 Å². The number of amides is 1. The lowest BCUT2D eigenvalue weighted by molar-refractivity contribution is -0.115. The van der Waals surface area contributed by atoms with E-state index in [1.54, 1.807) is 24.8 Å². The van der Waals surface area contributed by atoms with E-state index in [9.17, 15) is 4.79 Å². The van der Waals surface area contributed by atoms with E-state index in [4.69, 9.17) is 4.52 Å². The Morgan fingerprint density at radius 2 is 2.10 bits per heavy atom. The number of carbonyl (C=O) groups excluding carboxylic acids is 1. The number of thioether (sulfide) groups is 1. The van der Waals surface area contributed by atoms with Gasteiger partial charge >= 0.3 is 0 Å². The van der Waals surface area contributed by atoms with Crippen LogP contribution in [-0.2, 0) is 4.79 Å². The lowest BCUT2D eigenvalue weighted by atomic mass is 10.2. The van der Waals surface area contributed by atoms with Crippen LogP contribution in [0.2, 0.25) is 0 Å². The minimum atomic E-state index is -0.150. The molecule has 1 aromatic carbocycles. The van der Waals surface area contributed by atoms with Crippen molar-refractivity contribution in [2.45, 2.75) is 44.3 Å². The molecular weight excluding hydrogens is 284 g/mol. The standard InChI is InChI=1S/C16H20N2O2S/c1-5-13(16(19)17-15-9-12(4)20-18-15)21-14-8-10(2)6-7-11(14)3/h6-9,13H,5H2,1-4H3,(H,17,18,19). The van der Waals surface area contributed by atoms with Crippen LogP contribution in [0.4, 0.5) is 5.82 Å². The third-order valence-electron chi connectivity index (χ3n) is 3.16. The molecule has 0 aliphatic heterocycles. The smallest absolute Gasteiger partial charge is 0.239 e. The van der Waals surface area contributed by atoms with Crippen LogP contribution in [-0.4, -0.2) is 16.3 Å². The van der Waals surface area contributed by atoms with Crippen molar-refractivity contribution in [3.63, 3.8) is 0 Å². The van der Waals surface area contributed by atoms with Crippen molar-refractivity contribution < 1.29 is 9.32 Å². The number of hydrogen-bond donors (Lipinski definition) is 1. The van der Waals surface area contributed by atoms with Crippen LogP contribution in [0.5, 0.6) is 0 Å². The van der Waals surface area contributed by atoms with Crippen molar-refractivity contribution in [2.24, 2.45) is 0 Å². The normalized spacial score (nSPS) is 12.2. The van der Waals surface area contributed by atoms with Crippen molar-refractivity contribution >= 4 is 23.5 Å². The molecule has 1 atom stereocenters. The Labute approximate surface area is 129 Å². The molecule has 4 nitrogen and oxygen atoms in total. The number of nitrogens with one attached hydrogen (secondary N) is 1. The Balaban J connectivity index is 2.08. The third-order valence-corrected chi connectivity index (χ3v) is 4.68. The summed E-state index contributed by atoms with van der Waals surface area (Å²) in [7, 11) is 0. The van der Waals surface area contributed by atoms with E-state index in [0.29, 0.717) is 11.6 Å². The summed E-state index contributed by atoms with van der Waals surface area (Å²) in [6, 6.07) is 8.01. The predicted octanol–water partition coefficient (Wildman–Crippen LogP) is 4.11. The highest BCUT2D eigenvalue weighted by Gasteiger charge is 2.20. The Morgan fingerprint density at radius 1 is 1.33 bits per heavy atom. The first-order valence-corrected chi connectivity index (χ1v) is 7.85. The zero-order valence-corrected chi connectivity index (χ0v) is 13.6. The molecule has 0 radical (unpaired) electrons. The highest BCUT2D eigenvalue weighted by atomic mass is 32.2. The van der Waals surface area contributed by atoms with Crippen molar-refractivity contribution in [1.82, 2.24) is 5.16 Å². The van der Waals surface area contributed by atoms with Gasteiger partial charge in [0.25, 0.3) is 0 Å². The summed E-state index contributed by atoms with van der Waals surface area (Å²) < 4.78 is 4.96. The van der Waals surface area contributed by atoms with E-state index in [-0.39, 0.29) is 11.2 Å². The molecule has 112 valence electrons. The van der Waals surface area contributed by atoms with Gasteiger partial charge in [0.1, 0.15) is 5.76 Å². The van der Waals surface area contributed by atoms with Gasteiger partial charge in [-0.05, 0) is 38.8 Å². The molecule has 1 N–H and O–H groups in total. The Morgan fingerprint density at radius 3 is 2.71 bits per heavy atom. The van der Waals surface area contributed by atoms with Gasteiger partial charge in [0, 0.05) is 11.0 Å². The van der Waals surface area contributed by atoms with Gasteiger partial charge in [-0.15, -0.1) is 11.8 Å². The molecule has 2 rings (SSSR count). The van der Waals surface area contributed by atoms with Gasteiger partial charge in [-0.25, -0.2) is 0 Å². The van der Waals surface area contributed by atoms with Gasteiger partial charge in [0.05, 0.1) is 5.25 Å². The highest BCUT2D eigenvalue weighted by Crippen LogP contribution is 2.30. The molecule has 0 bridgehead atoms. The van der Waals surface area contributed by atoms with Gasteiger partial charge in [-0.3, -0.25) is 4.79 Å². The van der Waals surface area contributed by atoms with E-state index in [1.807, 2.05) is 6.92 Å². The van der Waals surface area contributed by atoms with E-state index < -0.39 is 0 Å². The SMILES string of the molecule is CCC(Sc1cc(C)ccc1C)C(=O)Nc1cc(C)on1. The maximum absolute atomic E-state index is 12.3. The van der Waals surface area contributed by atoms with Crippen molar-refractivity contribution in [3.8, 4) is 0 Å². The first-order valence-electron chi connectivity index (χ1n) is 6.97. The topological polar surface area (TPSA) is 55.1 Å². The molecule has 1 amide bonds. The second kappa shape index (κ2) is 6.80. The summed E-state index contributed by atoms with van der Waals surface area (Å²) >= 11 is 1.59. The molecule has 21 heavy (non-hydrogen) atoms.